The third kappa shape index (κ3) is 3.03. The van der Waals surface area contributed by atoms with Crippen LogP contribution in [0.15, 0.2) is 18.2 Å². The predicted molar refractivity (Wildman–Crippen MR) is 132 cm³/mol. The Morgan fingerprint density at radius 2 is 1.94 bits per heavy atom. The summed E-state index contributed by atoms with van der Waals surface area (Å²) in [7, 11) is 0. The van der Waals surface area contributed by atoms with E-state index < -0.39 is 0 Å². The van der Waals surface area contributed by atoms with E-state index in [1.54, 1.807) is 6.92 Å². The summed E-state index contributed by atoms with van der Waals surface area (Å²) in [5, 5.41) is 0. The zero-order valence-electron chi connectivity index (χ0n) is 21.2. The molecule has 1 aromatic rings. The number of nitrogens with zero attached hydrogens (tertiary/aromatic N) is 3. The van der Waals surface area contributed by atoms with Crippen molar-refractivity contribution < 1.29 is 14.3 Å². The lowest BCUT2D eigenvalue weighted by molar-refractivity contribution is -0.116. The summed E-state index contributed by atoms with van der Waals surface area (Å²) >= 11 is 0. The van der Waals surface area contributed by atoms with Crippen molar-refractivity contribution in [2.75, 3.05) is 31.1 Å². The van der Waals surface area contributed by atoms with Gasteiger partial charge in [-0.05, 0) is 87.6 Å². The first kappa shape index (κ1) is 22.4. The van der Waals surface area contributed by atoms with E-state index in [9.17, 15) is 9.59 Å². The molecule has 0 N–H and O–H groups in total. The van der Waals surface area contributed by atoms with E-state index in [0.717, 1.165) is 51.0 Å². The van der Waals surface area contributed by atoms with Gasteiger partial charge in [0.2, 0.25) is 5.91 Å². The van der Waals surface area contributed by atoms with Crippen LogP contribution in [0.4, 0.5) is 10.5 Å². The lowest BCUT2D eigenvalue weighted by atomic mass is 9.73. The zero-order chi connectivity index (χ0) is 23.8. The Hall–Kier alpha value is -2.08. The maximum Gasteiger partial charge on any atom is 0.410 e. The molecule has 2 aliphatic carbocycles. The molecule has 0 bridgehead atoms. The van der Waals surface area contributed by atoms with Crippen LogP contribution in [-0.2, 0) is 14.9 Å². The molecule has 0 radical (unpaired) electrons. The van der Waals surface area contributed by atoms with Gasteiger partial charge in [0.05, 0.1) is 18.2 Å². The highest BCUT2D eigenvalue weighted by Gasteiger charge is 2.75. The summed E-state index contributed by atoms with van der Waals surface area (Å²) in [6.45, 7) is 11.5. The van der Waals surface area contributed by atoms with Crippen LogP contribution in [-0.4, -0.2) is 65.7 Å². The smallest absolute Gasteiger partial charge is 0.410 e. The van der Waals surface area contributed by atoms with Gasteiger partial charge in [-0.3, -0.25) is 9.69 Å². The van der Waals surface area contributed by atoms with E-state index in [1.807, 2.05) is 11.8 Å². The summed E-state index contributed by atoms with van der Waals surface area (Å²) in [6.07, 6.45) is 6.84. The topological polar surface area (TPSA) is 52.9 Å². The van der Waals surface area contributed by atoms with Crippen LogP contribution in [0.25, 0.3) is 0 Å². The van der Waals surface area contributed by atoms with Crippen LogP contribution in [0, 0.1) is 5.92 Å². The summed E-state index contributed by atoms with van der Waals surface area (Å²) < 4.78 is 5.38. The van der Waals surface area contributed by atoms with Gasteiger partial charge < -0.3 is 14.5 Å². The largest absolute Gasteiger partial charge is 0.450 e. The molecule has 4 unspecified atom stereocenters. The van der Waals surface area contributed by atoms with Crippen molar-refractivity contribution in [1.82, 2.24) is 9.80 Å². The van der Waals surface area contributed by atoms with Gasteiger partial charge in [0.1, 0.15) is 0 Å². The molecular formula is C28H39N3O3. The van der Waals surface area contributed by atoms with Gasteiger partial charge in [0.25, 0.3) is 0 Å². The molecule has 34 heavy (non-hydrogen) atoms. The molecule has 6 nitrogen and oxygen atoms in total. The van der Waals surface area contributed by atoms with Crippen molar-refractivity contribution in [3.05, 3.63) is 29.3 Å². The van der Waals surface area contributed by atoms with Gasteiger partial charge in [-0.2, -0.15) is 0 Å². The molecule has 0 aromatic heterocycles. The fourth-order valence-electron chi connectivity index (χ4n) is 8.22. The van der Waals surface area contributed by atoms with Crippen molar-refractivity contribution in [3.8, 4) is 0 Å². The predicted octanol–water partition coefficient (Wildman–Crippen LogP) is 4.66. The standard InChI is InChI=1S/C28H39N3O3/c1-5-34-26(33)31-25-9-7-21-15-22(16-28(21,25)31)29-12-10-27(11-13-29)17-30(19(4)32)24-8-6-20(18(2)3)14-23(24)27/h6,8,14,18,21-22,25H,5,7,9-13,15-17H2,1-4H3. The van der Waals surface area contributed by atoms with Gasteiger partial charge in [-0.25, -0.2) is 4.79 Å². The molecule has 2 saturated heterocycles. The fraction of sp³-hybridized carbons (Fsp3) is 0.714. The van der Waals surface area contributed by atoms with Gasteiger partial charge in [0.15, 0.2) is 0 Å². The van der Waals surface area contributed by atoms with E-state index in [0.29, 0.717) is 30.5 Å². The Morgan fingerprint density at radius 1 is 1.18 bits per heavy atom. The Bertz CT molecular complexity index is 1010. The molecule has 1 aromatic carbocycles. The molecule has 5 aliphatic rings. The number of amides is 2. The minimum absolute atomic E-state index is 0.0776. The number of hydrogen-bond donors (Lipinski definition) is 0. The Labute approximate surface area is 203 Å². The second-order valence-corrected chi connectivity index (χ2v) is 11.8. The first-order valence-corrected chi connectivity index (χ1v) is 13.4. The van der Waals surface area contributed by atoms with Crippen LogP contribution in [0.1, 0.15) is 83.3 Å². The van der Waals surface area contributed by atoms with Gasteiger partial charge in [0, 0.05) is 30.6 Å². The molecule has 3 aliphatic heterocycles. The van der Waals surface area contributed by atoms with E-state index in [-0.39, 0.29) is 23.0 Å². The molecular weight excluding hydrogens is 426 g/mol. The lowest BCUT2D eigenvalue weighted by Crippen LogP contribution is -2.48. The number of anilines is 1. The maximum absolute atomic E-state index is 12.5. The van der Waals surface area contributed by atoms with Crippen LogP contribution in [0.2, 0.25) is 0 Å². The van der Waals surface area contributed by atoms with Crippen LogP contribution in [0.3, 0.4) is 0 Å². The number of carbonyl (C=O) groups excluding carboxylic acids is 2. The third-order valence-corrected chi connectivity index (χ3v) is 10.0. The minimum atomic E-state index is -0.0942. The molecule has 4 atom stereocenters. The summed E-state index contributed by atoms with van der Waals surface area (Å²) in [6, 6.07) is 7.76. The molecule has 184 valence electrons. The molecule has 3 heterocycles. The number of hydrogen-bond acceptors (Lipinski definition) is 4. The number of ether oxygens (including phenoxy) is 1. The molecule has 6 rings (SSSR count). The highest BCUT2D eigenvalue weighted by molar-refractivity contribution is 5.94. The van der Waals surface area contributed by atoms with Crippen LogP contribution in [0.5, 0.6) is 0 Å². The monoisotopic (exact) mass is 465 g/mol. The van der Waals surface area contributed by atoms with E-state index in [2.05, 4.69) is 41.8 Å². The van der Waals surface area contributed by atoms with Crippen molar-refractivity contribution in [1.29, 1.82) is 0 Å². The normalized spacial score (nSPS) is 33.3. The lowest BCUT2D eigenvalue weighted by Gasteiger charge is -2.42. The Morgan fingerprint density at radius 3 is 2.62 bits per heavy atom. The first-order valence-electron chi connectivity index (χ1n) is 13.4. The second-order valence-electron chi connectivity index (χ2n) is 11.8. The van der Waals surface area contributed by atoms with Gasteiger partial charge >= 0.3 is 6.09 Å². The number of carbonyl (C=O) groups is 2. The van der Waals surface area contributed by atoms with Crippen molar-refractivity contribution >= 4 is 17.7 Å². The highest BCUT2D eigenvalue weighted by Crippen LogP contribution is 2.65. The fourth-order valence-corrected chi connectivity index (χ4v) is 8.22. The van der Waals surface area contributed by atoms with E-state index in [4.69, 9.17) is 4.74 Å². The third-order valence-electron chi connectivity index (χ3n) is 10.0. The number of rotatable bonds is 3. The Balaban J connectivity index is 1.19. The number of likely N-dealkylation sites (tertiary alicyclic amines) is 2. The first-order chi connectivity index (χ1) is 16.3. The number of benzene rings is 1. The highest BCUT2D eigenvalue weighted by atomic mass is 16.6. The SMILES string of the molecule is CCOC(=O)N1C2CCC3CC(N4CCC5(CC4)CN(C(C)=O)c4ccc(C(C)C)cc45)CC321. The molecule has 2 spiro atoms. The van der Waals surface area contributed by atoms with Crippen molar-refractivity contribution in [2.24, 2.45) is 5.92 Å². The van der Waals surface area contributed by atoms with Gasteiger partial charge in [-0.1, -0.05) is 26.0 Å². The maximum atomic E-state index is 12.5. The average Bonchev–Trinajstić information content (AvgIpc) is 3.07. The van der Waals surface area contributed by atoms with E-state index in [1.165, 1.54) is 24.0 Å². The summed E-state index contributed by atoms with van der Waals surface area (Å²) in [5.41, 5.74) is 4.06. The average molecular weight is 466 g/mol. The number of piperidine rings is 2. The van der Waals surface area contributed by atoms with Crippen LogP contribution >= 0.6 is 0 Å². The molecule has 4 fully saturated rings. The molecule has 2 saturated carbocycles. The van der Waals surface area contributed by atoms with Crippen molar-refractivity contribution in [2.45, 2.75) is 95.2 Å². The quantitative estimate of drug-likeness (QED) is 0.609. The zero-order valence-corrected chi connectivity index (χ0v) is 21.2. The Kier molecular flexibility index (Phi) is 5.08. The van der Waals surface area contributed by atoms with Crippen LogP contribution < -0.4 is 4.90 Å². The molecule has 6 heteroatoms. The minimum Gasteiger partial charge on any atom is -0.450 e. The van der Waals surface area contributed by atoms with Crippen molar-refractivity contribution in [3.63, 3.8) is 0 Å². The summed E-state index contributed by atoms with van der Waals surface area (Å²) in [5.74, 6) is 1.27. The second kappa shape index (κ2) is 7.71. The number of fused-ring (bicyclic) bond motifs is 2. The van der Waals surface area contributed by atoms with E-state index >= 15 is 0 Å². The molecule has 2 amide bonds. The summed E-state index contributed by atoms with van der Waals surface area (Å²) in [4.78, 5) is 31.8. The van der Waals surface area contributed by atoms with Gasteiger partial charge in [-0.15, -0.1) is 0 Å².